The summed E-state index contributed by atoms with van der Waals surface area (Å²) in [6.45, 7) is 2.24. The van der Waals surface area contributed by atoms with Gasteiger partial charge in [0.1, 0.15) is 0 Å². The Morgan fingerprint density at radius 3 is 2.68 bits per heavy atom. The van der Waals surface area contributed by atoms with Gasteiger partial charge in [-0.3, -0.25) is 9.59 Å². The zero-order chi connectivity index (χ0) is 17.8. The van der Waals surface area contributed by atoms with Gasteiger partial charge in [-0.15, -0.1) is 0 Å². The number of nitrogens with one attached hydrogen (secondary N) is 1. The molecule has 6 nitrogen and oxygen atoms in total. The lowest BCUT2D eigenvalue weighted by atomic mass is 10.2. The standard InChI is InChI=1S/C19H24N2O4/c1-13(18(23)20-15-7-2-3-8-15)25-19(24)14-6-4-9-16(12-14)21-11-5-10-17(21)22/h4,6,9,12-13,15H,2-3,5,7-8,10-11H2,1H3,(H,20,23)/t13-/m0/s1. The van der Waals surface area contributed by atoms with Gasteiger partial charge < -0.3 is 15.0 Å². The zero-order valence-corrected chi connectivity index (χ0v) is 14.5. The molecule has 1 aromatic rings. The summed E-state index contributed by atoms with van der Waals surface area (Å²) >= 11 is 0. The first-order chi connectivity index (χ1) is 12.0. The van der Waals surface area contributed by atoms with Crippen LogP contribution < -0.4 is 10.2 Å². The number of benzene rings is 1. The Labute approximate surface area is 147 Å². The van der Waals surface area contributed by atoms with E-state index in [1.165, 1.54) is 0 Å². The maximum atomic E-state index is 12.3. The SMILES string of the molecule is C[C@H](OC(=O)c1cccc(N2CCCC2=O)c1)C(=O)NC1CCCC1. The first kappa shape index (κ1) is 17.5. The van der Waals surface area contributed by atoms with Gasteiger partial charge in [-0.05, 0) is 44.4 Å². The molecule has 2 fully saturated rings. The number of anilines is 1. The van der Waals surface area contributed by atoms with Crippen LogP contribution >= 0.6 is 0 Å². The van der Waals surface area contributed by atoms with Gasteiger partial charge in [0.2, 0.25) is 5.91 Å². The van der Waals surface area contributed by atoms with E-state index in [4.69, 9.17) is 4.74 Å². The van der Waals surface area contributed by atoms with E-state index in [0.717, 1.165) is 32.1 Å². The highest BCUT2D eigenvalue weighted by Crippen LogP contribution is 2.23. The Hall–Kier alpha value is -2.37. The Morgan fingerprint density at radius 1 is 1.24 bits per heavy atom. The van der Waals surface area contributed by atoms with Crippen LogP contribution in [-0.2, 0) is 14.3 Å². The fourth-order valence-corrected chi connectivity index (χ4v) is 3.39. The number of carbonyl (C=O) groups excluding carboxylic acids is 3. The normalized spacial score (nSPS) is 19.1. The lowest BCUT2D eigenvalue weighted by molar-refractivity contribution is -0.129. The van der Waals surface area contributed by atoms with Gasteiger partial charge in [0.05, 0.1) is 5.56 Å². The van der Waals surface area contributed by atoms with Gasteiger partial charge in [-0.2, -0.15) is 0 Å². The van der Waals surface area contributed by atoms with Gasteiger partial charge in [0.15, 0.2) is 6.10 Å². The lowest BCUT2D eigenvalue weighted by Gasteiger charge is -2.18. The van der Waals surface area contributed by atoms with E-state index in [0.29, 0.717) is 24.2 Å². The first-order valence-electron chi connectivity index (χ1n) is 8.96. The highest BCUT2D eigenvalue weighted by molar-refractivity contribution is 5.98. The summed E-state index contributed by atoms with van der Waals surface area (Å²) < 4.78 is 5.30. The summed E-state index contributed by atoms with van der Waals surface area (Å²) in [5, 5.41) is 2.93. The minimum Gasteiger partial charge on any atom is -0.449 e. The van der Waals surface area contributed by atoms with Gasteiger partial charge in [0, 0.05) is 24.7 Å². The second-order valence-electron chi connectivity index (χ2n) is 6.74. The number of carbonyl (C=O) groups is 3. The van der Waals surface area contributed by atoms with E-state index in [9.17, 15) is 14.4 Å². The molecule has 1 aliphatic carbocycles. The Kier molecular flexibility index (Phi) is 5.36. The number of amides is 2. The third-order valence-corrected chi connectivity index (χ3v) is 4.82. The van der Waals surface area contributed by atoms with E-state index in [1.807, 2.05) is 0 Å². The molecule has 0 aromatic heterocycles. The Morgan fingerprint density at radius 2 is 2.00 bits per heavy atom. The van der Waals surface area contributed by atoms with Crippen LogP contribution in [0, 0.1) is 0 Å². The van der Waals surface area contributed by atoms with Crippen LogP contribution in [0.5, 0.6) is 0 Å². The molecule has 1 saturated carbocycles. The molecule has 2 aliphatic rings. The van der Waals surface area contributed by atoms with Crippen molar-refractivity contribution in [1.82, 2.24) is 5.32 Å². The summed E-state index contributed by atoms with van der Waals surface area (Å²) in [5.74, 6) is -0.747. The second-order valence-corrected chi connectivity index (χ2v) is 6.74. The molecule has 3 rings (SSSR count). The average Bonchev–Trinajstić information content (AvgIpc) is 3.26. The molecule has 0 bridgehead atoms. The molecule has 1 heterocycles. The number of rotatable bonds is 5. The largest absolute Gasteiger partial charge is 0.449 e. The van der Waals surface area contributed by atoms with Crippen LogP contribution in [0.2, 0.25) is 0 Å². The average molecular weight is 344 g/mol. The second kappa shape index (κ2) is 7.68. The van der Waals surface area contributed by atoms with E-state index in [2.05, 4.69) is 5.32 Å². The monoisotopic (exact) mass is 344 g/mol. The van der Waals surface area contributed by atoms with Gasteiger partial charge >= 0.3 is 5.97 Å². The van der Waals surface area contributed by atoms with E-state index < -0.39 is 12.1 Å². The smallest absolute Gasteiger partial charge is 0.338 e. The number of hydrogen-bond donors (Lipinski definition) is 1. The Balaban J connectivity index is 1.60. The quantitative estimate of drug-likeness (QED) is 0.833. The molecule has 0 unspecified atom stereocenters. The molecule has 25 heavy (non-hydrogen) atoms. The van der Waals surface area contributed by atoms with E-state index in [1.54, 1.807) is 36.1 Å². The van der Waals surface area contributed by atoms with Crippen LogP contribution in [0.3, 0.4) is 0 Å². The minimum atomic E-state index is -0.842. The highest BCUT2D eigenvalue weighted by Gasteiger charge is 2.25. The number of nitrogens with zero attached hydrogens (tertiary/aromatic N) is 1. The Bertz CT molecular complexity index is 667. The predicted octanol–water partition coefficient (Wildman–Crippen LogP) is 2.42. The molecule has 0 radical (unpaired) electrons. The van der Waals surface area contributed by atoms with Crippen LogP contribution in [0.25, 0.3) is 0 Å². The van der Waals surface area contributed by atoms with Crippen molar-refractivity contribution < 1.29 is 19.1 Å². The molecule has 0 spiro atoms. The number of hydrogen-bond acceptors (Lipinski definition) is 4. The van der Waals surface area contributed by atoms with Crippen molar-refractivity contribution in [2.24, 2.45) is 0 Å². The van der Waals surface area contributed by atoms with Crippen molar-refractivity contribution in [1.29, 1.82) is 0 Å². The molecule has 1 aliphatic heterocycles. The van der Waals surface area contributed by atoms with Gasteiger partial charge in [-0.25, -0.2) is 4.79 Å². The van der Waals surface area contributed by atoms with Gasteiger partial charge in [0.25, 0.3) is 5.91 Å². The zero-order valence-electron chi connectivity index (χ0n) is 14.5. The summed E-state index contributed by atoms with van der Waals surface area (Å²) in [4.78, 5) is 38.0. The highest BCUT2D eigenvalue weighted by atomic mass is 16.5. The topological polar surface area (TPSA) is 75.7 Å². The van der Waals surface area contributed by atoms with Crippen molar-refractivity contribution in [2.45, 2.75) is 57.6 Å². The van der Waals surface area contributed by atoms with Crippen molar-refractivity contribution in [3.8, 4) is 0 Å². The minimum absolute atomic E-state index is 0.0647. The summed E-state index contributed by atoms with van der Waals surface area (Å²) in [7, 11) is 0. The van der Waals surface area contributed by atoms with Crippen molar-refractivity contribution in [3.05, 3.63) is 29.8 Å². The molecule has 1 aromatic carbocycles. The van der Waals surface area contributed by atoms with Crippen LogP contribution in [-0.4, -0.2) is 36.5 Å². The van der Waals surface area contributed by atoms with Crippen LogP contribution in [0.4, 0.5) is 5.69 Å². The predicted molar refractivity (Wildman–Crippen MR) is 93.3 cm³/mol. The summed E-state index contributed by atoms with van der Waals surface area (Å²) in [6, 6.07) is 7.00. The maximum absolute atomic E-state index is 12.3. The summed E-state index contributed by atoms with van der Waals surface area (Å²) in [6.07, 6.45) is 4.74. The molecular formula is C19H24N2O4. The number of ether oxygens (including phenoxy) is 1. The summed E-state index contributed by atoms with van der Waals surface area (Å²) in [5.41, 5.74) is 1.04. The fraction of sp³-hybridized carbons (Fsp3) is 0.526. The molecule has 1 N–H and O–H groups in total. The van der Waals surface area contributed by atoms with Gasteiger partial charge in [-0.1, -0.05) is 18.9 Å². The third kappa shape index (κ3) is 4.18. The van der Waals surface area contributed by atoms with E-state index >= 15 is 0 Å². The van der Waals surface area contributed by atoms with Crippen molar-refractivity contribution >= 4 is 23.5 Å². The van der Waals surface area contributed by atoms with E-state index in [-0.39, 0.29) is 17.9 Å². The molecule has 1 atom stereocenters. The van der Waals surface area contributed by atoms with Crippen LogP contribution in [0.1, 0.15) is 55.8 Å². The molecule has 6 heteroatoms. The van der Waals surface area contributed by atoms with Crippen molar-refractivity contribution in [3.63, 3.8) is 0 Å². The lowest BCUT2D eigenvalue weighted by Crippen LogP contribution is -2.40. The number of esters is 1. The molecule has 2 amide bonds. The molecule has 1 saturated heterocycles. The molecule has 134 valence electrons. The fourth-order valence-electron chi connectivity index (χ4n) is 3.39. The first-order valence-corrected chi connectivity index (χ1v) is 8.96. The van der Waals surface area contributed by atoms with Crippen LogP contribution in [0.15, 0.2) is 24.3 Å². The molecular weight excluding hydrogens is 320 g/mol. The third-order valence-electron chi connectivity index (χ3n) is 4.82. The van der Waals surface area contributed by atoms with Crippen molar-refractivity contribution in [2.75, 3.05) is 11.4 Å². The maximum Gasteiger partial charge on any atom is 0.338 e.